The fourth-order valence-electron chi connectivity index (χ4n) is 9.90. The van der Waals surface area contributed by atoms with Crippen LogP contribution in [0, 0.1) is 0 Å². The molecule has 4 aromatic carbocycles. The van der Waals surface area contributed by atoms with E-state index in [0.717, 1.165) is 17.4 Å². The van der Waals surface area contributed by atoms with Crippen LogP contribution in [0.3, 0.4) is 0 Å². The van der Waals surface area contributed by atoms with E-state index in [-0.39, 0.29) is 30.8 Å². The third-order valence-electron chi connectivity index (χ3n) is 13.4. The maximum Gasteiger partial charge on any atom is 0.210 e. The summed E-state index contributed by atoms with van der Waals surface area (Å²) in [6.07, 6.45) is 9.29. The van der Waals surface area contributed by atoms with Gasteiger partial charge in [0.25, 0.3) is 0 Å². The minimum atomic E-state index is -4.77. The van der Waals surface area contributed by atoms with E-state index in [4.69, 9.17) is 0 Å². The first-order valence-corrected chi connectivity index (χ1v) is 29.3. The molecular weight excluding hydrogens is 977 g/mol. The molecule has 0 amide bonds. The maximum atomic E-state index is 13.9. The van der Waals surface area contributed by atoms with Gasteiger partial charge >= 0.3 is 0 Å². The van der Waals surface area contributed by atoms with Gasteiger partial charge in [-0.05, 0) is 134 Å². The number of nitrogens with zero attached hydrogens (tertiary/aromatic N) is 2. The van der Waals surface area contributed by atoms with E-state index in [2.05, 4.69) is 0 Å². The molecule has 3 aliphatic rings. The van der Waals surface area contributed by atoms with E-state index >= 15 is 0 Å². The van der Waals surface area contributed by atoms with Crippen molar-refractivity contribution >= 4 is 88.9 Å². The molecular formula is C47H51N2O14S5-3. The molecule has 2 unspecified atom stereocenters. The lowest BCUT2D eigenvalue weighted by atomic mass is 9.78. The smallest absolute Gasteiger partial charge is 0.210 e. The first kappa shape index (κ1) is 51.3. The fourth-order valence-corrected chi connectivity index (χ4v) is 13.0. The topological polar surface area (TPSA) is 269 Å². The first-order chi connectivity index (χ1) is 31.2. The van der Waals surface area contributed by atoms with Gasteiger partial charge in [-0.15, -0.1) is 0 Å². The van der Waals surface area contributed by atoms with Crippen LogP contribution in [0.1, 0.15) is 84.8 Å². The normalized spacial score (nSPS) is 20.0. The Hall–Kier alpha value is -4.58. The number of fused-ring (bicyclic) bond motifs is 6. The maximum absolute atomic E-state index is 13.9. The molecule has 0 N–H and O–H groups in total. The molecule has 16 nitrogen and oxygen atoms in total. The van der Waals surface area contributed by atoms with E-state index in [0.29, 0.717) is 74.7 Å². The van der Waals surface area contributed by atoms with Crippen LogP contribution in [-0.2, 0) is 61.1 Å². The Bertz CT molecular complexity index is 3550. The van der Waals surface area contributed by atoms with E-state index < -0.39 is 81.4 Å². The quantitative estimate of drug-likeness (QED) is 0.0967. The monoisotopic (exact) mass is 1030 g/mol. The lowest BCUT2D eigenvalue weighted by Crippen LogP contribution is -2.30. The minimum absolute atomic E-state index is 0.0509. The van der Waals surface area contributed by atoms with E-state index in [1.54, 1.807) is 60.7 Å². The van der Waals surface area contributed by atoms with Gasteiger partial charge in [-0.25, -0.2) is 42.1 Å². The highest BCUT2D eigenvalue weighted by Gasteiger charge is 2.46. The van der Waals surface area contributed by atoms with E-state index in [1.807, 2.05) is 37.2 Å². The van der Waals surface area contributed by atoms with Crippen molar-refractivity contribution in [2.75, 3.05) is 24.2 Å². The van der Waals surface area contributed by atoms with Gasteiger partial charge < -0.3 is 23.1 Å². The van der Waals surface area contributed by atoms with Crippen molar-refractivity contribution in [3.05, 3.63) is 118 Å². The van der Waals surface area contributed by atoms with Gasteiger partial charge in [0, 0.05) is 59.0 Å². The Kier molecular flexibility index (Phi) is 13.3. The van der Waals surface area contributed by atoms with Crippen molar-refractivity contribution in [2.24, 2.45) is 0 Å². The average molecular weight is 1030 g/mol. The summed E-state index contributed by atoms with van der Waals surface area (Å²) in [6.45, 7) is 10.5. The van der Waals surface area contributed by atoms with Crippen LogP contribution in [0.2, 0.25) is 0 Å². The zero-order valence-electron chi connectivity index (χ0n) is 38.3. The molecule has 0 radical (unpaired) electrons. The third kappa shape index (κ3) is 9.78. The standard InChI is InChI=1S/C47H54N2O14S5/c1-29(65(52,53)54)23-25-48-39-19-11-33-27-35(67(58,59)60)15-17-37(33)43(39)46(3,4)41(48)21-13-31-9-8-10-32(45(31)64(7,50)51)14-22-42-47(5,6)44-38-18-16-36(68(61,62)63)28-34(38)12-20-40(44)49(42)26-24-30(2)66(55,56)57/h11-22,27-30H,8-10,23-26H2,1-7H3,(H3-,52,53,54,55,56,57,58,59,60,61,62,63)/p-3. The molecule has 0 saturated carbocycles. The number of allylic oxidation sites excluding steroid dienone is 7. The number of benzene rings is 4. The van der Waals surface area contributed by atoms with Gasteiger partial charge in [-0.1, -0.05) is 44.2 Å². The first-order valence-electron chi connectivity index (χ1n) is 21.6. The fraction of sp³-hybridized carbons (Fsp3) is 0.383. The molecule has 1 aliphatic carbocycles. The summed E-state index contributed by atoms with van der Waals surface area (Å²) >= 11 is 0. The summed E-state index contributed by atoms with van der Waals surface area (Å²) in [5, 5.41) is -0.267. The number of sulfone groups is 1. The molecule has 366 valence electrons. The van der Waals surface area contributed by atoms with Crippen molar-refractivity contribution in [1.29, 1.82) is 0 Å². The average Bonchev–Trinajstić information content (AvgIpc) is 3.58. The summed E-state index contributed by atoms with van der Waals surface area (Å²) in [4.78, 5) is 1.14. The molecule has 21 heteroatoms. The molecule has 0 saturated heterocycles. The van der Waals surface area contributed by atoms with Crippen molar-refractivity contribution in [2.45, 2.75) is 105 Å². The van der Waals surface area contributed by atoms with Crippen LogP contribution in [0.25, 0.3) is 21.5 Å². The van der Waals surface area contributed by atoms with Crippen molar-refractivity contribution in [1.82, 2.24) is 0 Å². The van der Waals surface area contributed by atoms with Crippen molar-refractivity contribution in [3.8, 4) is 0 Å². The summed E-state index contributed by atoms with van der Waals surface area (Å²) in [5.74, 6) is 0. The van der Waals surface area contributed by atoms with Crippen LogP contribution >= 0.6 is 0 Å². The zero-order chi connectivity index (χ0) is 50.3. The Morgan fingerprint density at radius 2 is 1.21 bits per heavy atom. The molecule has 0 spiro atoms. The summed E-state index contributed by atoms with van der Waals surface area (Å²) < 4.78 is 173. The Morgan fingerprint density at radius 1 is 0.662 bits per heavy atom. The van der Waals surface area contributed by atoms with Crippen molar-refractivity contribution < 1.29 is 64.9 Å². The highest BCUT2D eigenvalue weighted by Crippen LogP contribution is 2.52. The number of anilines is 1. The summed E-state index contributed by atoms with van der Waals surface area (Å²) in [7, 11) is -22.8. The Labute approximate surface area is 398 Å². The van der Waals surface area contributed by atoms with Crippen LogP contribution in [0.15, 0.2) is 117 Å². The zero-order valence-corrected chi connectivity index (χ0v) is 42.4. The van der Waals surface area contributed by atoms with Crippen LogP contribution in [-0.4, -0.2) is 100 Å². The second-order valence-electron chi connectivity index (χ2n) is 18.8. The molecule has 2 heterocycles. The molecule has 0 fully saturated rings. The molecule has 68 heavy (non-hydrogen) atoms. The molecule has 4 aromatic rings. The lowest BCUT2D eigenvalue weighted by molar-refractivity contribution is -0.438. The lowest BCUT2D eigenvalue weighted by Gasteiger charge is -2.29. The highest BCUT2D eigenvalue weighted by atomic mass is 32.2. The summed E-state index contributed by atoms with van der Waals surface area (Å²) in [5.41, 5.74) is 3.31. The predicted octanol–water partition coefficient (Wildman–Crippen LogP) is 6.47. The van der Waals surface area contributed by atoms with E-state index in [9.17, 15) is 60.3 Å². The SMILES string of the molecule is CC(CCN1/C(=C\C=C2/CCCC(/C=C/C3=[N+](CCC(C)S(=O)(=O)[O-])c4ccc5cc(S(=O)(=O)[O-])ccc5c4C3(C)C)=C2S(C)(=O)=O)C(C)(C)c2c1ccc1cc(S(=O)(=O)[O-])ccc21)S(=O)(=O)[O-]. The van der Waals surface area contributed by atoms with Crippen LogP contribution < -0.4 is 4.90 Å². The largest absolute Gasteiger partial charge is 0.748 e. The molecule has 2 aliphatic heterocycles. The molecule has 2 atom stereocenters. The third-order valence-corrected chi connectivity index (χ3v) is 18.8. The van der Waals surface area contributed by atoms with Crippen LogP contribution in [0.5, 0.6) is 0 Å². The number of hydrogen-bond acceptors (Lipinski definition) is 15. The molecule has 0 bridgehead atoms. The highest BCUT2D eigenvalue weighted by molar-refractivity contribution is 7.94. The minimum Gasteiger partial charge on any atom is -0.748 e. The van der Waals surface area contributed by atoms with Gasteiger partial charge in [0.2, 0.25) is 5.69 Å². The van der Waals surface area contributed by atoms with Gasteiger partial charge in [-0.2, -0.15) is 4.58 Å². The Morgan fingerprint density at radius 3 is 1.75 bits per heavy atom. The van der Waals surface area contributed by atoms with Gasteiger partial charge in [0.15, 0.2) is 22.1 Å². The molecule has 7 rings (SSSR count). The van der Waals surface area contributed by atoms with Gasteiger partial charge in [0.05, 0.1) is 45.6 Å². The van der Waals surface area contributed by atoms with Crippen molar-refractivity contribution in [3.63, 3.8) is 0 Å². The number of hydrogen-bond donors (Lipinski definition) is 0. The molecule has 0 aromatic heterocycles. The van der Waals surface area contributed by atoms with Gasteiger partial charge in [0.1, 0.15) is 20.2 Å². The predicted molar refractivity (Wildman–Crippen MR) is 256 cm³/mol. The number of rotatable bonds is 14. The second kappa shape index (κ2) is 17.7. The van der Waals surface area contributed by atoms with E-state index in [1.165, 1.54) is 38.1 Å². The summed E-state index contributed by atoms with van der Waals surface area (Å²) in [6, 6.07) is 14.9. The Balaban J connectivity index is 1.36. The second-order valence-corrected chi connectivity index (χ2v) is 27.1. The van der Waals surface area contributed by atoms with Crippen LogP contribution in [0.4, 0.5) is 11.4 Å². The van der Waals surface area contributed by atoms with Gasteiger partial charge in [-0.3, -0.25) is 0 Å².